The fraction of sp³-hybridized carbons (Fsp3) is 0.424. The molecule has 39 heavy (non-hydrogen) atoms. The van der Waals surface area contributed by atoms with Gasteiger partial charge in [-0.05, 0) is 93.4 Å². The molecule has 4 rings (SSSR count). The summed E-state index contributed by atoms with van der Waals surface area (Å²) >= 11 is 0. The summed E-state index contributed by atoms with van der Waals surface area (Å²) in [6, 6.07) is 23.2. The molecule has 3 aromatic carbocycles. The summed E-state index contributed by atoms with van der Waals surface area (Å²) < 4.78 is 13.3. The number of piperidine rings is 1. The molecular weight excluding hydrogens is 489 g/mol. The molecule has 0 atom stereocenters. The van der Waals surface area contributed by atoms with Crippen molar-refractivity contribution in [2.75, 3.05) is 26.2 Å². The highest BCUT2D eigenvalue weighted by atomic mass is 19.1. The molecule has 1 fully saturated rings. The smallest absolute Gasteiger partial charge is 0.318 e. The van der Waals surface area contributed by atoms with Crippen molar-refractivity contribution in [1.29, 1.82) is 0 Å². The van der Waals surface area contributed by atoms with E-state index in [1.54, 1.807) is 12.1 Å². The molecule has 0 aliphatic carbocycles. The van der Waals surface area contributed by atoms with Gasteiger partial charge in [0.15, 0.2) is 0 Å². The fourth-order valence-corrected chi connectivity index (χ4v) is 5.05. The number of carbonyl (C=O) groups is 1. The van der Waals surface area contributed by atoms with Crippen molar-refractivity contribution in [2.24, 2.45) is 5.92 Å². The van der Waals surface area contributed by atoms with Gasteiger partial charge in [-0.15, -0.1) is 0 Å². The second kappa shape index (κ2) is 13.2. The number of aliphatic hydroxyl groups is 1. The molecule has 3 aromatic rings. The van der Waals surface area contributed by atoms with Crippen LogP contribution < -0.4 is 5.32 Å². The van der Waals surface area contributed by atoms with Gasteiger partial charge in [-0.25, -0.2) is 9.18 Å². The van der Waals surface area contributed by atoms with Gasteiger partial charge in [0.1, 0.15) is 5.82 Å². The molecule has 1 heterocycles. The molecule has 0 spiro atoms. The molecule has 2 amide bonds. The Morgan fingerprint density at radius 3 is 2.10 bits per heavy atom. The number of rotatable bonds is 10. The minimum Gasteiger partial charge on any atom is -0.394 e. The predicted octanol–water partition coefficient (Wildman–Crippen LogP) is 6.39. The maximum absolute atomic E-state index is 13.3. The Morgan fingerprint density at radius 2 is 1.51 bits per heavy atom. The molecule has 0 radical (unpaired) electrons. The van der Waals surface area contributed by atoms with Crippen molar-refractivity contribution in [3.05, 3.63) is 95.3 Å². The van der Waals surface area contributed by atoms with Gasteiger partial charge in [-0.3, -0.25) is 4.90 Å². The normalized spacial score (nSPS) is 14.8. The van der Waals surface area contributed by atoms with E-state index in [0.29, 0.717) is 19.0 Å². The van der Waals surface area contributed by atoms with E-state index < -0.39 is 5.54 Å². The zero-order valence-corrected chi connectivity index (χ0v) is 23.5. The lowest BCUT2D eigenvalue weighted by Gasteiger charge is -2.34. The Bertz CT molecular complexity index is 1190. The molecule has 5 nitrogen and oxygen atoms in total. The van der Waals surface area contributed by atoms with E-state index in [1.807, 2.05) is 43.0 Å². The number of halogens is 1. The largest absolute Gasteiger partial charge is 0.394 e. The van der Waals surface area contributed by atoms with E-state index in [-0.39, 0.29) is 18.5 Å². The van der Waals surface area contributed by atoms with E-state index >= 15 is 0 Å². The summed E-state index contributed by atoms with van der Waals surface area (Å²) in [5.41, 5.74) is 4.95. The second-order valence-corrected chi connectivity index (χ2v) is 11.6. The van der Waals surface area contributed by atoms with Crippen LogP contribution in [0, 0.1) is 18.7 Å². The molecule has 208 valence electrons. The van der Waals surface area contributed by atoms with Gasteiger partial charge in [0.25, 0.3) is 0 Å². The predicted molar refractivity (Wildman–Crippen MR) is 156 cm³/mol. The first-order valence-electron chi connectivity index (χ1n) is 14.0. The van der Waals surface area contributed by atoms with Crippen LogP contribution in [-0.4, -0.2) is 52.7 Å². The van der Waals surface area contributed by atoms with Crippen LogP contribution in [0.15, 0.2) is 72.8 Å². The number of nitrogens with zero attached hydrogens (tertiary/aromatic N) is 2. The van der Waals surface area contributed by atoms with E-state index in [0.717, 1.165) is 55.6 Å². The van der Waals surface area contributed by atoms with Crippen LogP contribution in [0.25, 0.3) is 11.1 Å². The molecular formula is C33H42FN3O2. The number of hydrogen-bond acceptors (Lipinski definition) is 3. The van der Waals surface area contributed by atoms with Crippen LogP contribution in [-0.2, 0) is 13.1 Å². The number of carbonyl (C=O) groups excluding carboxylic acids is 1. The molecule has 6 heteroatoms. The third-order valence-electron chi connectivity index (χ3n) is 7.67. The van der Waals surface area contributed by atoms with Crippen LogP contribution in [0.1, 0.15) is 49.8 Å². The van der Waals surface area contributed by atoms with Crippen LogP contribution >= 0.6 is 0 Å². The maximum atomic E-state index is 13.3. The number of urea groups is 1. The Morgan fingerprint density at radius 1 is 0.949 bits per heavy atom. The zero-order chi connectivity index (χ0) is 27.8. The summed E-state index contributed by atoms with van der Waals surface area (Å²) in [6.07, 6.45) is 3.23. The highest BCUT2D eigenvalue weighted by molar-refractivity contribution is 5.75. The van der Waals surface area contributed by atoms with Gasteiger partial charge in [-0.2, -0.15) is 0 Å². The lowest BCUT2D eigenvalue weighted by Crippen LogP contribution is -2.52. The van der Waals surface area contributed by atoms with Crippen molar-refractivity contribution in [3.63, 3.8) is 0 Å². The Kier molecular flexibility index (Phi) is 9.76. The Labute approximate surface area is 232 Å². The number of aliphatic hydroxyl groups excluding tert-OH is 1. The van der Waals surface area contributed by atoms with Crippen molar-refractivity contribution in [2.45, 2.75) is 58.7 Å². The monoisotopic (exact) mass is 531 g/mol. The first kappa shape index (κ1) is 28.8. The molecule has 1 aliphatic heterocycles. The summed E-state index contributed by atoms with van der Waals surface area (Å²) in [4.78, 5) is 17.6. The van der Waals surface area contributed by atoms with E-state index in [1.165, 1.54) is 23.3 Å². The standard InChI is InChI=1S/C33H42FN3O2/c1-25-4-6-27(7-5-25)22-36-19-16-26(17-20-36)18-21-37(32(39)35-33(2,3)24-38)23-28-8-10-29(11-9-28)30-12-14-31(34)15-13-30/h4-15,26,38H,16-24H2,1-3H3,(H,35,39). The van der Waals surface area contributed by atoms with E-state index in [9.17, 15) is 14.3 Å². The second-order valence-electron chi connectivity index (χ2n) is 11.6. The summed E-state index contributed by atoms with van der Waals surface area (Å²) in [5, 5.41) is 12.7. The highest BCUT2D eigenvalue weighted by Gasteiger charge is 2.25. The number of benzene rings is 3. The quantitative estimate of drug-likeness (QED) is 0.319. The van der Waals surface area contributed by atoms with Gasteiger partial charge >= 0.3 is 6.03 Å². The summed E-state index contributed by atoms with van der Waals surface area (Å²) in [7, 11) is 0. The average molecular weight is 532 g/mol. The first-order valence-corrected chi connectivity index (χ1v) is 14.0. The van der Waals surface area contributed by atoms with Crippen LogP contribution in [0.3, 0.4) is 0 Å². The van der Waals surface area contributed by atoms with Crippen LogP contribution in [0.4, 0.5) is 9.18 Å². The molecule has 0 aromatic heterocycles. The summed E-state index contributed by atoms with van der Waals surface area (Å²) in [6.45, 7) is 9.94. The van der Waals surface area contributed by atoms with Gasteiger partial charge in [0.05, 0.1) is 12.1 Å². The number of amides is 2. The molecule has 2 N–H and O–H groups in total. The molecule has 0 bridgehead atoms. The fourth-order valence-electron chi connectivity index (χ4n) is 5.05. The number of likely N-dealkylation sites (tertiary alicyclic amines) is 1. The van der Waals surface area contributed by atoms with Crippen molar-refractivity contribution in [1.82, 2.24) is 15.1 Å². The molecule has 0 saturated carbocycles. The van der Waals surface area contributed by atoms with E-state index in [2.05, 4.69) is 41.4 Å². The maximum Gasteiger partial charge on any atom is 0.318 e. The molecule has 0 unspecified atom stereocenters. The summed E-state index contributed by atoms with van der Waals surface area (Å²) in [5.74, 6) is 0.334. The van der Waals surface area contributed by atoms with Gasteiger partial charge in [0, 0.05) is 19.6 Å². The van der Waals surface area contributed by atoms with Gasteiger partial charge < -0.3 is 15.3 Å². The van der Waals surface area contributed by atoms with Crippen molar-refractivity contribution in [3.8, 4) is 11.1 Å². The topological polar surface area (TPSA) is 55.8 Å². The highest BCUT2D eigenvalue weighted by Crippen LogP contribution is 2.24. The van der Waals surface area contributed by atoms with Crippen LogP contribution in [0.2, 0.25) is 0 Å². The number of nitrogens with one attached hydrogen (secondary N) is 1. The van der Waals surface area contributed by atoms with Gasteiger partial charge in [0.2, 0.25) is 0 Å². The first-order chi connectivity index (χ1) is 18.7. The third-order valence-corrected chi connectivity index (χ3v) is 7.67. The Balaban J connectivity index is 1.34. The number of aryl methyl sites for hydroxylation is 1. The SMILES string of the molecule is Cc1ccc(CN2CCC(CCN(Cc3ccc(-c4ccc(F)cc4)cc3)C(=O)NC(C)(C)CO)CC2)cc1. The average Bonchev–Trinajstić information content (AvgIpc) is 2.93. The van der Waals surface area contributed by atoms with Crippen molar-refractivity contribution < 1.29 is 14.3 Å². The minimum atomic E-state index is -0.691. The third kappa shape index (κ3) is 8.64. The van der Waals surface area contributed by atoms with Crippen molar-refractivity contribution >= 4 is 6.03 Å². The van der Waals surface area contributed by atoms with Crippen LogP contribution in [0.5, 0.6) is 0 Å². The molecule has 1 aliphatic rings. The molecule has 1 saturated heterocycles. The number of hydrogen-bond donors (Lipinski definition) is 2. The minimum absolute atomic E-state index is 0.127. The zero-order valence-electron chi connectivity index (χ0n) is 23.5. The van der Waals surface area contributed by atoms with E-state index in [4.69, 9.17) is 0 Å². The lowest BCUT2D eigenvalue weighted by atomic mass is 9.93. The lowest BCUT2D eigenvalue weighted by molar-refractivity contribution is 0.143. The van der Waals surface area contributed by atoms with Gasteiger partial charge in [-0.1, -0.05) is 66.2 Å². The Hall–Kier alpha value is -3.22.